The van der Waals surface area contributed by atoms with Gasteiger partial charge in [0.05, 0.1) is 17.4 Å². The van der Waals surface area contributed by atoms with E-state index in [0.717, 1.165) is 24.8 Å². The summed E-state index contributed by atoms with van der Waals surface area (Å²) in [5, 5.41) is 3.25. The molecule has 2 rings (SSSR count). The van der Waals surface area contributed by atoms with E-state index in [4.69, 9.17) is 11.5 Å². The fourth-order valence-corrected chi connectivity index (χ4v) is 2.80. The van der Waals surface area contributed by atoms with Crippen molar-refractivity contribution in [1.82, 2.24) is 4.98 Å². The van der Waals surface area contributed by atoms with Crippen LogP contribution in [0, 0.1) is 11.8 Å². The van der Waals surface area contributed by atoms with Crippen LogP contribution in [0.3, 0.4) is 0 Å². The number of rotatable bonds is 5. The van der Waals surface area contributed by atoms with Crippen LogP contribution >= 0.6 is 0 Å². The van der Waals surface area contributed by atoms with E-state index in [-0.39, 0.29) is 0 Å². The van der Waals surface area contributed by atoms with Gasteiger partial charge in [-0.05, 0) is 24.3 Å². The first-order valence-corrected chi connectivity index (χ1v) is 7.35. The summed E-state index contributed by atoms with van der Waals surface area (Å²) in [6, 6.07) is 1.63. The first-order valence-electron chi connectivity index (χ1n) is 7.35. The number of nitrogens with one attached hydrogen (secondary N) is 1. The number of pyridine rings is 1. The van der Waals surface area contributed by atoms with Crippen molar-refractivity contribution in [2.45, 2.75) is 39.0 Å². The van der Waals surface area contributed by atoms with Crippen molar-refractivity contribution in [3.05, 3.63) is 17.8 Å². The molecule has 1 aliphatic carbocycles. The molecule has 0 bridgehead atoms. The lowest BCUT2D eigenvalue weighted by Gasteiger charge is -2.26. The Morgan fingerprint density at radius 2 is 2.10 bits per heavy atom. The molecule has 1 aromatic rings. The van der Waals surface area contributed by atoms with E-state index >= 15 is 0 Å². The van der Waals surface area contributed by atoms with Gasteiger partial charge in [0.1, 0.15) is 5.82 Å². The number of hydrogen-bond acceptors (Lipinski definition) is 4. The van der Waals surface area contributed by atoms with Gasteiger partial charge in [-0.25, -0.2) is 4.98 Å². The van der Waals surface area contributed by atoms with Crippen molar-refractivity contribution in [2.75, 3.05) is 17.6 Å². The van der Waals surface area contributed by atoms with Crippen LogP contribution in [0.15, 0.2) is 12.3 Å². The number of nitrogens with two attached hydrogens (primary N) is 2. The Bertz CT molecular complexity index is 467. The van der Waals surface area contributed by atoms with Crippen molar-refractivity contribution < 1.29 is 4.79 Å². The number of nitrogens with zero attached hydrogens (tertiary/aromatic N) is 1. The second-order valence-electron chi connectivity index (χ2n) is 5.86. The predicted octanol–water partition coefficient (Wildman–Crippen LogP) is 2.39. The molecule has 0 unspecified atom stereocenters. The second kappa shape index (κ2) is 6.59. The summed E-state index contributed by atoms with van der Waals surface area (Å²) in [7, 11) is 0. The molecule has 0 aromatic carbocycles. The first kappa shape index (κ1) is 14.6. The predicted molar refractivity (Wildman–Crippen MR) is 81.4 cm³/mol. The van der Waals surface area contributed by atoms with E-state index in [1.165, 1.54) is 31.9 Å². The molecule has 1 heterocycles. The number of carbonyl (C=O) groups excluding carboxylic acids is 1. The monoisotopic (exact) mass is 276 g/mol. The zero-order valence-corrected chi connectivity index (χ0v) is 12.1. The minimum absolute atomic E-state index is 0.323. The van der Waals surface area contributed by atoms with E-state index in [1.807, 2.05) is 0 Å². The molecule has 1 aromatic heterocycles. The van der Waals surface area contributed by atoms with Crippen LogP contribution in [0.2, 0.25) is 0 Å². The molecule has 0 atom stereocenters. The highest BCUT2D eigenvalue weighted by molar-refractivity contribution is 5.98. The molecule has 110 valence electrons. The highest BCUT2D eigenvalue weighted by Crippen LogP contribution is 2.30. The number of carbonyl (C=O) groups is 1. The lowest BCUT2D eigenvalue weighted by Crippen LogP contribution is -2.17. The lowest BCUT2D eigenvalue weighted by molar-refractivity contribution is 0.100. The van der Waals surface area contributed by atoms with Crippen LogP contribution in [0.5, 0.6) is 0 Å². The standard InChI is InChI=1S/C15H24N4O/c1-10-2-4-11(5-3-10)6-7-18-14-8-12(15(17)20)13(16)9-19-14/h8-11H,2-7,16H2,1H3,(H2,17,20)(H,18,19). The molecule has 1 amide bonds. The second-order valence-corrected chi connectivity index (χ2v) is 5.86. The molecule has 1 fully saturated rings. The van der Waals surface area contributed by atoms with Gasteiger partial charge in [-0.1, -0.05) is 32.6 Å². The molecule has 1 aliphatic rings. The molecular formula is C15H24N4O. The SMILES string of the molecule is CC1CCC(CCNc2cc(C(N)=O)c(N)cn2)CC1. The number of anilines is 2. The smallest absolute Gasteiger partial charge is 0.250 e. The van der Waals surface area contributed by atoms with Gasteiger partial charge in [0.15, 0.2) is 0 Å². The number of amides is 1. The quantitative estimate of drug-likeness (QED) is 0.769. The molecule has 5 nitrogen and oxygen atoms in total. The van der Waals surface area contributed by atoms with E-state index in [0.29, 0.717) is 17.1 Å². The minimum Gasteiger partial charge on any atom is -0.397 e. The molecule has 5 heteroatoms. The van der Waals surface area contributed by atoms with Gasteiger partial charge in [-0.15, -0.1) is 0 Å². The van der Waals surface area contributed by atoms with Gasteiger partial charge >= 0.3 is 0 Å². The van der Waals surface area contributed by atoms with Crippen LogP contribution in [0.1, 0.15) is 49.4 Å². The molecule has 5 N–H and O–H groups in total. The fraction of sp³-hybridized carbons (Fsp3) is 0.600. The van der Waals surface area contributed by atoms with Crippen molar-refractivity contribution in [2.24, 2.45) is 17.6 Å². The normalized spacial score (nSPS) is 22.4. The Kier molecular flexibility index (Phi) is 4.82. The highest BCUT2D eigenvalue weighted by atomic mass is 16.1. The maximum Gasteiger partial charge on any atom is 0.250 e. The van der Waals surface area contributed by atoms with Gasteiger partial charge < -0.3 is 16.8 Å². The van der Waals surface area contributed by atoms with Crippen molar-refractivity contribution in [3.8, 4) is 0 Å². The average Bonchev–Trinajstić information content (AvgIpc) is 2.42. The van der Waals surface area contributed by atoms with E-state index < -0.39 is 5.91 Å². The Hall–Kier alpha value is -1.78. The van der Waals surface area contributed by atoms with E-state index in [2.05, 4.69) is 17.2 Å². The van der Waals surface area contributed by atoms with Gasteiger partial charge in [0.25, 0.3) is 5.91 Å². The van der Waals surface area contributed by atoms with Crippen LogP contribution in [-0.4, -0.2) is 17.4 Å². The van der Waals surface area contributed by atoms with Crippen LogP contribution in [-0.2, 0) is 0 Å². The Balaban J connectivity index is 1.82. The minimum atomic E-state index is -0.519. The molecular weight excluding hydrogens is 252 g/mol. The van der Waals surface area contributed by atoms with E-state index in [1.54, 1.807) is 6.07 Å². The summed E-state index contributed by atoms with van der Waals surface area (Å²) in [5.41, 5.74) is 11.6. The van der Waals surface area contributed by atoms with Gasteiger partial charge in [0, 0.05) is 6.54 Å². The molecule has 1 saturated carbocycles. The summed E-state index contributed by atoms with van der Waals surface area (Å²) in [6.45, 7) is 3.20. The average molecular weight is 276 g/mol. The van der Waals surface area contributed by atoms with Crippen LogP contribution < -0.4 is 16.8 Å². The number of aromatic nitrogens is 1. The zero-order valence-electron chi connectivity index (χ0n) is 12.1. The van der Waals surface area contributed by atoms with Crippen molar-refractivity contribution in [3.63, 3.8) is 0 Å². The summed E-state index contributed by atoms with van der Waals surface area (Å²) >= 11 is 0. The molecule has 0 radical (unpaired) electrons. The van der Waals surface area contributed by atoms with Gasteiger partial charge in [0.2, 0.25) is 0 Å². The number of nitrogen functional groups attached to an aromatic ring is 1. The lowest BCUT2D eigenvalue weighted by atomic mass is 9.81. The third-order valence-electron chi connectivity index (χ3n) is 4.19. The maximum atomic E-state index is 11.2. The maximum absolute atomic E-state index is 11.2. The highest BCUT2D eigenvalue weighted by Gasteiger charge is 2.17. The third-order valence-corrected chi connectivity index (χ3v) is 4.19. The summed E-state index contributed by atoms with van der Waals surface area (Å²) in [4.78, 5) is 15.4. The zero-order chi connectivity index (χ0) is 14.5. The van der Waals surface area contributed by atoms with Gasteiger partial charge in [-0.3, -0.25) is 4.79 Å². The van der Waals surface area contributed by atoms with E-state index in [9.17, 15) is 4.79 Å². The van der Waals surface area contributed by atoms with Crippen molar-refractivity contribution in [1.29, 1.82) is 0 Å². The first-order chi connectivity index (χ1) is 9.56. The Morgan fingerprint density at radius 1 is 1.40 bits per heavy atom. The summed E-state index contributed by atoms with van der Waals surface area (Å²) < 4.78 is 0. The van der Waals surface area contributed by atoms with Crippen molar-refractivity contribution >= 4 is 17.4 Å². The molecule has 0 spiro atoms. The van der Waals surface area contributed by atoms with Crippen LogP contribution in [0.25, 0.3) is 0 Å². The number of hydrogen-bond donors (Lipinski definition) is 3. The molecule has 0 aliphatic heterocycles. The topological polar surface area (TPSA) is 94.0 Å². The largest absolute Gasteiger partial charge is 0.397 e. The third kappa shape index (κ3) is 3.85. The molecule has 0 saturated heterocycles. The molecule has 20 heavy (non-hydrogen) atoms. The summed E-state index contributed by atoms with van der Waals surface area (Å²) in [6.07, 6.45) is 7.96. The van der Waals surface area contributed by atoms with Gasteiger partial charge in [-0.2, -0.15) is 0 Å². The fourth-order valence-electron chi connectivity index (χ4n) is 2.80. The number of primary amides is 1. The Labute approximate surface area is 120 Å². The Morgan fingerprint density at radius 3 is 2.75 bits per heavy atom. The van der Waals surface area contributed by atoms with Crippen LogP contribution in [0.4, 0.5) is 11.5 Å². The summed E-state index contributed by atoms with van der Waals surface area (Å²) in [5.74, 6) is 1.84.